The maximum absolute atomic E-state index is 12.4. The molecule has 1 aliphatic heterocycles. The second-order valence-corrected chi connectivity index (χ2v) is 7.81. The first-order valence-electron chi connectivity index (χ1n) is 7.87. The number of carbonyl (C=O) groups is 1. The number of piperidine rings is 1. The van der Waals surface area contributed by atoms with Gasteiger partial charge < -0.3 is 15.3 Å². The van der Waals surface area contributed by atoms with E-state index in [0.29, 0.717) is 41.7 Å². The molecule has 25 heavy (non-hydrogen) atoms. The minimum atomic E-state index is -0.902. The van der Waals surface area contributed by atoms with Gasteiger partial charge >= 0.3 is 6.03 Å². The lowest BCUT2D eigenvalue weighted by Gasteiger charge is -2.38. The number of urea groups is 1. The van der Waals surface area contributed by atoms with E-state index in [1.165, 1.54) is 0 Å². The zero-order chi connectivity index (χ0) is 18.0. The minimum Gasteiger partial charge on any atom is -0.385 e. The Kier molecular flexibility index (Phi) is 5.58. The zero-order valence-corrected chi connectivity index (χ0v) is 16.4. The molecule has 1 saturated heterocycles. The first-order chi connectivity index (χ1) is 11.9. The number of carbonyl (C=O) groups excluding carboxylic acids is 1. The van der Waals surface area contributed by atoms with E-state index in [1.807, 2.05) is 24.3 Å². The summed E-state index contributed by atoms with van der Waals surface area (Å²) in [4.78, 5) is 14.1. The van der Waals surface area contributed by atoms with E-state index in [2.05, 4.69) is 21.2 Å². The predicted octanol–water partition coefficient (Wildman–Crippen LogP) is 5.27. The summed E-state index contributed by atoms with van der Waals surface area (Å²) in [5.74, 6) is 0. The molecule has 1 aliphatic rings. The average molecular weight is 444 g/mol. The third kappa shape index (κ3) is 4.29. The Bertz CT molecular complexity index is 775. The fraction of sp³-hybridized carbons (Fsp3) is 0.278. The number of hydrogen-bond donors (Lipinski definition) is 2. The molecule has 0 saturated carbocycles. The van der Waals surface area contributed by atoms with Gasteiger partial charge in [0.15, 0.2) is 0 Å². The maximum Gasteiger partial charge on any atom is 0.321 e. The molecule has 2 N–H and O–H groups in total. The van der Waals surface area contributed by atoms with Crippen molar-refractivity contribution in [1.29, 1.82) is 0 Å². The first kappa shape index (κ1) is 18.5. The number of nitrogens with zero attached hydrogens (tertiary/aromatic N) is 1. The second-order valence-electron chi connectivity index (χ2n) is 6.08. The molecule has 0 unspecified atom stereocenters. The first-order valence-corrected chi connectivity index (χ1v) is 9.42. The number of benzene rings is 2. The summed E-state index contributed by atoms with van der Waals surface area (Å²) in [6.45, 7) is 0.944. The molecule has 2 aromatic rings. The van der Waals surface area contributed by atoms with Crippen LogP contribution in [0.1, 0.15) is 18.4 Å². The van der Waals surface area contributed by atoms with Crippen molar-refractivity contribution in [2.24, 2.45) is 0 Å². The molecular weight excluding hydrogens is 427 g/mol. The van der Waals surface area contributed by atoms with Crippen molar-refractivity contribution in [3.8, 4) is 0 Å². The normalized spacial score (nSPS) is 16.6. The molecule has 2 aromatic carbocycles. The van der Waals surface area contributed by atoms with Crippen LogP contribution in [0.15, 0.2) is 46.9 Å². The third-order valence-electron chi connectivity index (χ3n) is 4.43. The van der Waals surface area contributed by atoms with Gasteiger partial charge in [0, 0.05) is 23.2 Å². The summed E-state index contributed by atoms with van der Waals surface area (Å²) >= 11 is 15.2. The quantitative estimate of drug-likeness (QED) is 0.663. The summed E-state index contributed by atoms with van der Waals surface area (Å²) in [5.41, 5.74) is 0.564. The lowest BCUT2D eigenvalue weighted by atomic mass is 9.84. The summed E-state index contributed by atoms with van der Waals surface area (Å²) < 4.78 is 0.971. The number of aliphatic hydroxyl groups is 1. The molecule has 0 radical (unpaired) electrons. The minimum absolute atomic E-state index is 0.212. The van der Waals surface area contributed by atoms with Gasteiger partial charge in [-0.2, -0.15) is 0 Å². The van der Waals surface area contributed by atoms with Crippen molar-refractivity contribution < 1.29 is 9.90 Å². The van der Waals surface area contributed by atoms with E-state index in [0.717, 1.165) is 10.0 Å². The van der Waals surface area contributed by atoms with Crippen LogP contribution in [0.25, 0.3) is 0 Å². The van der Waals surface area contributed by atoms with Crippen molar-refractivity contribution in [1.82, 2.24) is 4.90 Å². The van der Waals surface area contributed by atoms with Crippen LogP contribution in [-0.2, 0) is 5.60 Å². The molecule has 0 aliphatic carbocycles. The van der Waals surface area contributed by atoms with Crippen molar-refractivity contribution in [3.63, 3.8) is 0 Å². The number of rotatable bonds is 2. The Morgan fingerprint density at radius 1 is 1.08 bits per heavy atom. The number of anilines is 1. The van der Waals surface area contributed by atoms with Crippen LogP contribution < -0.4 is 5.32 Å². The van der Waals surface area contributed by atoms with E-state index < -0.39 is 5.60 Å². The molecule has 4 nitrogen and oxygen atoms in total. The highest BCUT2D eigenvalue weighted by Crippen LogP contribution is 2.33. The maximum atomic E-state index is 12.4. The fourth-order valence-electron chi connectivity index (χ4n) is 2.90. The molecule has 1 heterocycles. The van der Waals surface area contributed by atoms with Gasteiger partial charge in [0.05, 0.1) is 15.6 Å². The number of nitrogens with one attached hydrogen (secondary N) is 1. The molecule has 0 bridgehead atoms. The highest BCUT2D eigenvalue weighted by molar-refractivity contribution is 9.10. The fourth-order valence-corrected chi connectivity index (χ4v) is 3.47. The summed E-state index contributed by atoms with van der Waals surface area (Å²) in [6, 6.07) is 12.4. The number of hydrogen-bond acceptors (Lipinski definition) is 2. The van der Waals surface area contributed by atoms with Gasteiger partial charge in [-0.05, 0) is 48.7 Å². The molecule has 0 atom stereocenters. The van der Waals surface area contributed by atoms with E-state index in [9.17, 15) is 9.90 Å². The molecular formula is C18H17BrCl2N2O2. The largest absolute Gasteiger partial charge is 0.385 e. The van der Waals surface area contributed by atoms with Crippen molar-refractivity contribution in [2.75, 3.05) is 18.4 Å². The number of amides is 2. The van der Waals surface area contributed by atoms with Gasteiger partial charge in [0.25, 0.3) is 0 Å². The molecule has 0 aromatic heterocycles. The van der Waals surface area contributed by atoms with Crippen molar-refractivity contribution in [2.45, 2.75) is 18.4 Å². The van der Waals surface area contributed by atoms with Crippen LogP contribution in [0.2, 0.25) is 10.0 Å². The summed E-state index contributed by atoms with van der Waals surface area (Å²) in [6.07, 6.45) is 0.979. The van der Waals surface area contributed by atoms with Crippen LogP contribution in [-0.4, -0.2) is 29.1 Å². The van der Waals surface area contributed by atoms with E-state index >= 15 is 0 Å². The second kappa shape index (κ2) is 7.54. The van der Waals surface area contributed by atoms with Crippen molar-refractivity contribution in [3.05, 3.63) is 62.5 Å². The molecule has 7 heteroatoms. The van der Waals surface area contributed by atoms with Crippen LogP contribution in [0.4, 0.5) is 10.5 Å². The lowest BCUT2D eigenvalue weighted by Crippen LogP contribution is -2.46. The summed E-state index contributed by atoms with van der Waals surface area (Å²) in [7, 11) is 0. The SMILES string of the molecule is O=C(Nc1ccc(Cl)c(Cl)c1)N1CCC(O)(c2ccc(Br)cc2)CC1. The van der Waals surface area contributed by atoms with E-state index in [1.54, 1.807) is 23.1 Å². The van der Waals surface area contributed by atoms with Gasteiger partial charge in [-0.15, -0.1) is 0 Å². The smallest absolute Gasteiger partial charge is 0.321 e. The van der Waals surface area contributed by atoms with Crippen molar-refractivity contribution >= 4 is 50.9 Å². The monoisotopic (exact) mass is 442 g/mol. The van der Waals surface area contributed by atoms with Gasteiger partial charge in [-0.1, -0.05) is 51.3 Å². The number of likely N-dealkylation sites (tertiary alicyclic amines) is 1. The van der Waals surface area contributed by atoms with E-state index in [-0.39, 0.29) is 6.03 Å². The van der Waals surface area contributed by atoms with Gasteiger partial charge in [0.2, 0.25) is 0 Å². The van der Waals surface area contributed by atoms with Gasteiger partial charge in [0.1, 0.15) is 0 Å². The zero-order valence-electron chi connectivity index (χ0n) is 13.3. The van der Waals surface area contributed by atoms with E-state index in [4.69, 9.17) is 23.2 Å². The predicted molar refractivity (Wildman–Crippen MR) is 104 cm³/mol. The number of halogens is 3. The molecule has 3 rings (SSSR count). The standard InChI is InChI=1S/C18H17BrCl2N2O2/c19-13-3-1-12(2-4-13)18(25)7-9-23(10-8-18)17(24)22-14-5-6-15(20)16(21)11-14/h1-6,11,25H,7-10H2,(H,22,24). The van der Waals surface area contributed by atoms with Crippen LogP contribution in [0.5, 0.6) is 0 Å². The molecule has 132 valence electrons. The molecule has 1 fully saturated rings. The molecule has 0 spiro atoms. The highest BCUT2D eigenvalue weighted by atomic mass is 79.9. The molecule has 2 amide bonds. The highest BCUT2D eigenvalue weighted by Gasteiger charge is 2.35. The van der Waals surface area contributed by atoms with Gasteiger partial charge in [-0.3, -0.25) is 0 Å². The topological polar surface area (TPSA) is 52.6 Å². The third-order valence-corrected chi connectivity index (χ3v) is 5.70. The Balaban J connectivity index is 1.62. The Hall–Kier alpha value is -1.27. The summed E-state index contributed by atoms with van der Waals surface area (Å²) in [5, 5.41) is 14.5. The average Bonchev–Trinajstić information content (AvgIpc) is 2.59. The van der Waals surface area contributed by atoms with Crippen LogP contribution in [0, 0.1) is 0 Å². The Morgan fingerprint density at radius 3 is 2.32 bits per heavy atom. The Morgan fingerprint density at radius 2 is 1.72 bits per heavy atom. The van der Waals surface area contributed by atoms with Gasteiger partial charge in [-0.25, -0.2) is 4.79 Å². The van der Waals surface area contributed by atoms with Crippen LogP contribution >= 0.6 is 39.1 Å². The van der Waals surface area contributed by atoms with Crippen LogP contribution in [0.3, 0.4) is 0 Å². The Labute approximate surface area is 164 Å². The lowest BCUT2D eigenvalue weighted by molar-refractivity contribution is -0.0157.